The zero-order valence-electron chi connectivity index (χ0n) is 13.5. The summed E-state index contributed by atoms with van der Waals surface area (Å²) in [6, 6.07) is 20.2. The van der Waals surface area contributed by atoms with Crippen LogP contribution < -0.4 is 10.9 Å². The summed E-state index contributed by atoms with van der Waals surface area (Å²) in [6.07, 6.45) is 0.670. The number of H-pyrrole nitrogens is 1. The summed E-state index contributed by atoms with van der Waals surface area (Å²) in [6.45, 7) is 0.445. The molecule has 0 aliphatic rings. The fourth-order valence-corrected chi connectivity index (χ4v) is 2.63. The van der Waals surface area contributed by atoms with Crippen molar-refractivity contribution in [3.05, 3.63) is 93.2 Å². The lowest BCUT2D eigenvalue weighted by Crippen LogP contribution is -2.31. The summed E-state index contributed by atoms with van der Waals surface area (Å²) in [4.78, 5) is 27.2. The van der Waals surface area contributed by atoms with E-state index in [1.54, 1.807) is 12.1 Å². The second kappa shape index (κ2) is 7.81. The summed E-state index contributed by atoms with van der Waals surface area (Å²) >= 11 is 5.84. The van der Waals surface area contributed by atoms with Crippen LogP contribution in [0.15, 0.2) is 71.5 Å². The minimum Gasteiger partial charge on any atom is -0.352 e. The van der Waals surface area contributed by atoms with Crippen LogP contribution in [0.1, 0.15) is 15.9 Å². The number of nitrogens with one attached hydrogen (secondary N) is 2. The highest BCUT2D eigenvalue weighted by molar-refractivity contribution is 6.30. The van der Waals surface area contributed by atoms with Crippen molar-refractivity contribution in [2.45, 2.75) is 6.42 Å². The van der Waals surface area contributed by atoms with Gasteiger partial charge in [-0.1, -0.05) is 54.1 Å². The number of carbonyl (C=O) groups is 1. The lowest BCUT2D eigenvalue weighted by molar-refractivity contribution is 0.0952. The third-order valence-electron chi connectivity index (χ3n) is 3.85. The molecule has 0 spiro atoms. The van der Waals surface area contributed by atoms with Crippen LogP contribution in [-0.4, -0.2) is 17.4 Å². The molecule has 0 unspecified atom stereocenters. The van der Waals surface area contributed by atoms with Gasteiger partial charge in [0.2, 0.25) is 0 Å². The van der Waals surface area contributed by atoms with Gasteiger partial charge >= 0.3 is 0 Å². The SMILES string of the molecule is O=C(NCCc1ccc(Cl)cc1)c1ccc(-c2ccccc2)[nH]c1=O. The molecular weight excluding hydrogens is 336 g/mol. The van der Waals surface area contributed by atoms with Crippen molar-refractivity contribution in [1.29, 1.82) is 0 Å². The molecule has 25 heavy (non-hydrogen) atoms. The minimum atomic E-state index is -0.398. The number of carbonyl (C=O) groups excluding carboxylic acids is 1. The number of halogens is 1. The Morgan fingerprint density at radius 2 is 1.68 bits per heavy atom. The van der Waals surface area contributed by atoms with Gasteiger partial charge in [0.15, 0.2) is 0 Å². The van der Waals surface area contributed by atoms with Gasteiger partial charge in [0.1, 0.15) is 5.56 Å². The Bertz CT molecular complexity index is 918. The quantitative estimate of drug-likeness (QED) is 0.736. The monoisotopic (exact) mass is 352 g/mol. The van der Waals surface area contributed by atoms with Gasteiger partial charge in [-0.25, -0.2) is 0 Å². The van der Waals surface area contributed by atoms with Gasteiger partial charge in [-0.05, 0) is 41.8 Å². The summed E-state index contributed by atoms with van der Waals surface area (Å²) in [7, 11) is 0. The van der Waals surface area contributed by atoms with E-state index < -0.39 is 5.56 Å². The Hall–Kier alpha value is -2.85. The van der Waals surface area contributed by atoms with E-state index in [-0.39, 0.29) is 11.5 Å². The molecule has 5 heteroatoms. The highest BCUT2D eigenvalue weighted by Gasteiger charge is 2.11. The van der Waals surface area contributed by atoms with Crippen LogP contribution in [0.5, 0.6) is 0 Å². The fourth-order valence-electron chi connectivity index (χ4n) is 2.51. The Kier molecular flexibility index (Phi) is 5.31. The molecule has 0 saturated heterocycles. The fraction of sp³-hybridized carbons (Fsp3) is 0.100. The molecule has 0 aliphatic heterocycles. The Morgan fingerprint density at radius 3 is 2.36 bits per heavy atom. The molecule has 126 valence electrons. The molecule has 0 bridgehead atoms. The maximum atomic E-state index is 12.2. The van der Waals surface area contributed by atoms with E-state index in [1.807, 2.05) is 54.6 Å². The van der Waals surface area contributed by atoms with Gasteiger partial charge in [0.25, 0.3) is 11.5 Å². The third-order valence-corrected chi connectivity index (χ3v) is 4.10. The van der Waals surface area contributed by atoms with Gasteiger partial charge < -0.3 is 10.3 Å². The Morgan fingerprint density at radius 1 is 0.960 bits per heavy atom. The molecule has 0 radical (unpaired) electrons. The van der Waals surface area contributed by atoms with Crippen molar-refractivity contribution in [1.82, 2.24) is 10.3 Å². The molecule has 0 fully saturated rings. The van der Waals surface area contributed by atoms with E-state index in [0.29, 0.717) is 23.7 Å². The number of rotatable bonds is 5. The molecular formula is C20H17ClN2O2. The highest BCUT2D eigenvalue weighted by atomic mass is 35.5. The lowest BCUT2D eigenvalue weighted by Gasteiger charge is -2.06. The summed E-state index contributed by atoms with van der Waals surface area (Å²) in [5.74, 6) is -0.380. The van der Waals surface area contributed by atoms with Crippen LogP contribution in [0.2, 0.25) is 5.02 Å². The molecule has 1 heterocycles. The number of aromatic nitrogens is 1. The topological polar surface area (TPSA) is 62.0 Å². The Balaban J connectivity index is 1.64. The predicted octanol–water partition coefficient (Wildman–Crippen LogP) is 3.67. The number of pyridine rings is 1. The predicted molar refractivity (Wildman–Crippen MR) is 100.0 cm³/mol. The number of benzene rings is 2. The van der Waals surface area contributed by atoms with Crippen molar-refractivity contribution in [3.8, 4) is 11.3 Å². The number of amides is 1. The average molecular weight is 353 g/mol. The van der Waals surface area contributed by atoms with Crippen molar-refractivity contribution < 1.29 is 4.79 Å². The van der Waals surface area contributed by atoms with Crippen LogP contribution in [0.3, 0.4) is 0 Å². The number of aromatic amines is 1. The van der Waals surface area contributed by atoms with E-state index in [2.05, 4.69) is 10.3 Å². The molecule has 0 aliphatic carbocycles. The van der Waals surface area contributed by atoms with Crippen LogP contribution in [-0.2, 0) is 6.42 Å². The zero-order valence-corrected chi connectivity index (χ0v) is 14.2. The number of hydrogen-bond donors (Lipinski definition) is 2. The lowest BCUT2D eigenvalue weighted by atomic mass is 10.1. The second-order valence-corrected chi connectivity index (χ2v) is 6.05. The maximum Gasteiger partial charge on any atom is 0.261 e. The smallest absolute Gasteiger partial charge is 0.261 e. The van der Waals surface area contributed by atoms with Crippen molar-refractivity contribution in [3.63, 3.8) is 0 Å². The van der Waals surface area contributed by atoms with Crippen LogP contribution in [0, 0.1) is 0 Å². The van der Waals surface area contributed by atoms with Crippen LogP contribution in [0.25, 0.3) is 11.3 Å². The summed E-state index contributed by atoms with van der Waals surface area (Å²) < 4.78 is 0. The molecule has 3 rings (SSSR count). The van der Waals surface area contributed by atoms with Gasteiger partial charge in [0, 0.05) is 17.3 Å². The molecule has 2 N–H and O–H groups in total. The van der Waals surface area contributed by atoms with E-state index >= 15 is 0 Å². The van der Waals surface area contributed by atoms with E-state index in [9.17, 15) is 9.59 Å². The number of hydrogen-bond acceptors (Lipinski definition) is 2. The zero-order chi connectivity index (χ0) is 17.6. The van der Waals surface area contributed by atoms with Crippen LogP contribution in [0.4, 0.5) is 0 Å². The first-order valence-corrected chi connectivity index (χ1v) is 8.33. The van der Waals surface area contributed by atoms with E-state index in [4.69, 9.17) is 11.6 Å². The first-order chi connectivity index (χ1) is 12.1. The van der Waals surface area contributed by atoms with E-state index in [1.165, 1.54) is 0 Å². The normalized spacial score (nSPS) is 10.4. The van der Waals surface area contributed by atoms with E-state index in [0.717, 1.165) is 11.1 Å². The second-order valence-electron chi connectivity index (χ2n) is 5.61. The molecule has 1 aromatic heterocycles. The standard InChI is InChI=1S/C20H17ClN2O2/c21-16-8-6-14(7-9-16)12-13-22-19(24)17-10-11-18(23-20(17)25)15-4-2-1-3-5-15/h1-11H,12-13H2,(H,22,24)(H,23,25). The molecule has 0 saturated carbocycles. The van der Waals surface area contributed by atoms with Gasteiger partial charge in [0.05, 0.1) is 0 Å². The van der Waals surface area contributed by atoms with Gasteiger partial charge in [-0.15, -0.1) is 0 Å². The van der Waals surface area contributed by atoms with Crippen molar-refractivity contribution >= 4 is 17.5 Å². The summed E-state index contributed by atoms with van der Waals surface area (Å²) in [5.41, 5.74) is 2.36. The Labute approximate surface area is 150 Å². The van der Waals surface area contributed by atoms with Crippen molar-refractivity contribution in [2.24, 2.45) is 0 Å². The molecule has 2 aromatic carbocycles. The first-order valence-electron chi connectivity index (χ1n) is 7.95. The largest absolute Gasteiger partial charge is 0.352 e. The molecule has 1 amide bonds. The van der Waals surface area contributed by atoms with Gasteiger partial charge in [-0.3, -0.25) is 9.59 Å². The molecule has 4 nitrogen and oxygen atoms in total. The molecule has 3 aromatic rings. The molecule has 0 atom stereocenters. The van der Waals surface area contributed by atoms with Crippen molar-refractivity contribution in [2.75, 3.05) is 6.54 Å². The average Bonchev–Trinajstić information content (AvgIpc) is 2.64. The third kappa shape index (κ3) is 4.37. The van der Waals surface area contributed by atoms with Gasteiger partial charge in [-0.2, -0.15) is 0 Å². The minimum absolute atomic E-state index is 0.107. The maximum absolute atomic E-state index is 12.2. The highest BCUT2D eigenvalue weighted by Crippen LogP contribution is 2.14. The summed E-state index contributed by atoms with van der Waals surface area (Å²) in [5, 5.41) is 3.45. The van der Waals surface area contributed by atoms with Crippen LogP contribution >= 0.6 is 11.6 Å². The first kappa shape index (κ1) is 17.0.